The molecule has 58 heavy (non-hydrogen) atoms. The zero-order valence-electron chi connectivity index (χ0n) is 28.8. The first kappa shape index (κ1) is 40.0. The van der Waals surface area contributed by atoms with E-state index in [9.17, 15) is 55.3 Å². The van der Waals surface area contributed by atoms with Crippen molar-refractivity contribution in [2.24, 2.45) is 20.5 Å². The van der Waals surface area contributed by atoms with Crippen LogP contribution in [0.5, 0.6) is 11.5 Å². The Morgan fingerprint density at radius 3 is 1.14 bits per heavy atom. The van der Waals surface area contributed by atoms with Crippen molar-refractivity contribution in [3.63, 3.8) is 0 Å². The van der Waals surface area contributed by atoms with Gasteiger partial charge in [0.1, 0.15) is 21.2 Å². The fraction of sp³-hybridized carbons (Fsp3) is 0. The minimum Gasteiger partial charge on any atom is -0.505 e. The summed E-state index contributed by atoms with van der Waals surface area (Å²) in [6, 6.07) is 19.2. The van der Waals surface area contributed by atoms with E-state index in [2.05, 4.69) is 31.1 Å². The molecule has 0 heterocycles. The Morgan fingerprint density at radius 1 is 0.483 bits per heavy atom. The molecule has 0 saturated heterocycles. The first-order valence-electron chi connectivity index (χ1n) is 16.0. The Balaban J connectivity index is 1.23. The molecule has 22 heteroatoms. The van der Waals surface area contributed by atoms with E-state index in [4.69, 9.17) is 10.2 Å². The van der Waals surface area contributed by atoms with Crippen molar-refractivity contribution in [2.75, 3.05) is 10.6 Å². The first-order valence-corrected chi connectivity index (χ1v) is 18.8. The van der Waals surface area contributed by atoms with Crippen LogP contribution in [0.4, 0.5) is 34.1 Å². The van der Waals surface area contributed by atoms with E-state index >= 15 is 0 Å². The standard InChI is InChI=1S/C36H24N6O14S2/c43-31-25-11-9-23(13-19(25)15-27(57(51,52)53)29(31)41-39-21-5-1-17(2-6-21)35(47)48)37-33(45)34(46)38-24-10-12-26-20(14-24)16-28(58(54,55)56)30(32(26)44)42-40-22-7-3-18(4-8-22)36(49)50/h1-16,43-44H,(H,37,45)(H,38,46)(H,47,48)(H,49,50)(H,51,52,53)(H,54,55,56). The van der Waals surface area contributed by atoms with Gasteiger partial charge in [-0.1, -0.05) is 0 Å². The van der Waals surface area contributed by atoms with Gasteiger partial charge < -0.3 is 31.1 Å². The lowest BCUT2D eigenvalue weighted by Crippen LogP contribution is -2.29. The molecule has 0 saturated carbocycles. The highest BCUT2D eigenvalue weighted by molar-refractivity contribution is 7.86. The number of aromatic hydroxyl groups is 2. The van der Waals surface area contributed by atoms with Crippen LogP contribution >= 0.6 is 0 Å². The summed E-state index contributed by atoms with van der Waals surface area (Å²) in [4.78, 5) is 46.2. The Morgan fingerprint density at radius 2 is 0.828 bits per heavy atom. The van der Waals surface area contributed by atoms with Crippen LogP contribution in [0.15, 0.2) is 127 Å². The average Bonchev–Trinajstić information content (AvgIpc) is 3.16. The number of carboxylic acids is 2. The maximum Gasteiger partial charge on any atom is 0.335 e. The number of nitrogens with one attached hydrogen (secondary N) is 2. The molecule has 2 amide bonds. The first-order chi connectivity index (χ1) is 27.3. The molecule has 6 aromatic carbocycles. The van der Waals surface area contributed by atoms with Crippen molar-refractivity contribution in [3.8, 4) is 11.5 Å². The van der Waals surface area contributed by atoms with Gasteiger partial charge in [0.25, 0.3) is 20.2 Å². The Bertz CT molecular complexity index is 2800. The number of hydrogen-bond donors (Lipinski definition) is 8. The van der Waals surface area contributed by atoms with Crippen LogP contribution < -0.4 is 10.6 Å². The van der Waals surface area contributed by atoms with Crippen LogP contribution in [0, 0.1) is 0 Å². The molecule has 0 aliphatic heterocycles. The van der Waals surface area contributed by atoms with E-state index in [1.807, 2.05) is 0 Å². The Kier molecular flexibility index (Phi) is 10.7. The number of carbonyl (C=O) groups is 4. The third-order valence-electron chi connectivity index (χ3n) is 8.14. The Hall–Kier alpha value is -7.66. The van der Waals surface area contributed by atoms with Gasteiger partial charge >= 0.3 is 23.8 Å². The van der Waals surface area contributed by atoms with E-state index in [-0.39, 0.29) is 55.4 Å². The van der Waals surface area contributed by atoms with Gasteiger partial charge in [-0.25, -0.2) is 9.59 Å². The smallest absolute Gasteiger partial charge is 0.335 e. The summed E-state index contributed by atoms with van der Waals surface area (Å²) in [7, 11) is -10.1. The van der Waals surface area contributed by atoms with Crippen molar-refractivity contribution < 1.29 is 65.5 Å². The van der Waals surface area contributed by atoms with Gasteiger partial charge in [-0.15, -0.1) is 10.2 Å². The highest BCUT2D eigenvalue weighted by Crippen LogP contribution is 2.43. The molecular formula is C36H24N6O14S2. The fourth-order valence-corrected chi connectivity index (χ4v) is 6.69. The van der Waals surface area contributed by atoms with E-state index in [0.29, 0.717) is 0 Å². The van der Waals surface area contributed by atoms with Gasteiger partial charge in [0, 0.05) is 22.1 Å². The number of fused-ring (bicyclic) bond motifs is 2. The van der Waals surface area contributed by atoms with Gasteiger partial charge in [0.2, 0.25) is 0 Å². The summed E-state index contributed by atoms with van der Waals surface area (Å²) in [5.74, 6) is -6.34. The minimum absolute atomic E-state index is 0.00673. The molecule has 20 nitrogen and oxygen atoms in total. The molecular weight excluding hydrogens is 805 g/mol. The lowest BCUT2D eigenvalue weighted by atomic mass is 10.1. The monoisotopic (exact) mass is 828 g/mol. The molecule has 0 aliphatic carbocycles. The van der Waals surface area contributed by atoms with Crippen molar-refractivity contribution >= 4 is 99.7 Å². The second-order valence-corrected chi connectivity index (χ2v) is 14.8. The number of carboxylic acid groups (broad SMARTS) is 2. The molecule has 0 spiro atoms. The van der Waals surface area contributed by atoms with Crippen molar-refractivity contribution in [3.05, 3.63) is 108 Å². The number of aromatic carboxylic acids is 2. The number of benzene rings is 6. The highest BCUT2D eigenvalue weighted by atomic mass is 32.2. The number of hydrogen-bond acceptors (Lipinski definition) is 14. The van der Waals surface area contributed by atoms with Gasteiger partial charge in [-0.2, -0.15) is 27.1 Å². The molecule has 0 unspecified atom stereocenters. The number of amides is 2. The van der Waals surface area contributed by atoms with E-state index < -0.39 is 76.7 Å². The molecule has 0 bridgehead atoms. The van der Waals surface area contributed by atoms with Crippen molar-refractivity contribution in [1.82, 2.24) is 0 Å². The second kappa shape index (κ2) is 15.5. The molecule has 0 aliphatic rings. The van der Waals surface area contributed by atoms with Gasteiger partial charge in [-0.3, -0.25) is 18.7 Å². The van der Waals surface area contributed by atoms with Crippen LogP contribution in [0.3, 0.4) is 0 Å². The molecule has 0 fully saturated rings. The quantitative estimate of drug-likeness (QED) is 0.0405. The van der Waals surface area contributed by atoms with Crippen molar-refractivity contribution in [1.29, 1.82) is 0 Å². The zero-order chi connectivity index (χ0) is 42.1. The summed E-state index contributed by atoms with van der Waals surface area (Å²) in [5, 5.41) is 59.6. The lowest BCUT2D eigenvalue weighted by molar-refractivity contribution is -0.132. The second-order valence-electron chi connectivity index (χ2n) is 12.0. The normalized spacial score (nSPS) is 12.0. The number of phenols is 2. The summed E-state index contributed by atoms with van der Waals surface area (Å²) < 4.78 is 68.9. The number of carbonyl (C=O) groups excluding carboxylic acids is 2. The SMILES string of the molecule is O=C(Nc1ccc2c(O)c(N=Nc3ccc(C(=O)O)cc3)c(S(=O)(=O)O)cc2c1)C(=O)Nc1ccc2c(O)c(N=Nc3ccc(C(=O)O)cc3)c(S(=O)(=O)O)cc2c1. The van der Waals surface area contributed by atoms with Gasteiger partial charge in [0.05, 0.1) is 22.5 Å². The highest BCUT2D eigenvalue weighted by Gasteiger charge is 2.25. The van der Waals surface area contributed by atoms with Crippen LogP contribution in [-0.2, 0) is 29.8 Å². The van der Waals surface area contributed by atoms with E-state index in [1.54, 1.807) is 0 Å². The van der Waals surface area contributed by atoms with Crippen LogP contribution in [0.2, 0.25) is 0 Å². The van der Waals surface area contributed by atoms with Gasteiger partial charge in [-0.05, 0) is 108 Å². The fourth-order valence-electron chi connectivity index (χ4n) is 5.38. The lowest BCUT2D eigenvalue weighted by Gasteiger charge is -2.12. The number of anilines is 2. The van der Waals surface area contributed by atoms with E-state index in [0.717, 1.165) is 12.1 Å². The van der Waals surface area contributed by atoms with Crippen LogP contribution in [-0.4, -0.2) is 70.1 Å². The number of phenolic OH excluding ortho intramolecular Hbond substituents is 2. The summed E-state index contributed by atoms with van der Waals surface area (Å²) in [6.07, 6.45) is 0. The third kappa shape index (κ3) is 8.58. The maximum atomic E-state index is 12.9. The third-order valence-corrected chi connectivity index (χ3v) is 9.87. The molecule has 6 aromatic rings. The molecule has 8 N–H and O–H groups in total. The topological polar surface area (TPSA) is 331 Å². The molecule has 0 atom stereocenters. The summed E-state index contributed by atoms with van der Waals surface area (Å²) >= 11 is 0. The van der Waals surface area contributed by atoms with Crippen molar-refractivity contribution in [2.45, 2.75) is 9.79 Å². The van der Waals surface area contributed by atoms with Gasteiger partial charge in [0.15, 0.2) is 11.5 Å². The van der Waals surface area contributed by atoms with E-state index in [1.165, 1.54) is 84.9 Å². The molecule has 6 rings (SSSR count). The number of nitrogens with zero attached hydrogens (tertiary/aromatic N) is 4. The molecule has 294 valence electrons. The predicted molar refractivity (Wildman–Crippen MR) is 203 cm³/mol. The number of azo groups is 2. The molecule has 0 aromatic heterocycles. The Labute approximate surface area is 324 Å². The maximum absolute atomic E-state index is 12.9. The predicted octanol–water partition coefficient (Wildman–Crippen LogP) is 6.70. The van der Waals surface area contributed by atoms with Crippen LogP contribution in [0.25, 0.3) is 21.5 Å². The summed E-state index contributed by atoms with van der Waals surface area (Å²) in [5.41, 5.74) is -1.37. The zero-order valence-corrected chi connectivity index (χ0v) is 30.4. The number of rotatable bonds is 10. The largest absolute Gasteiger partial charge is 0.505 e. The minimum atomic E-state index is -5.04. The van der Waals surface area contributed by atoms with Crippen LogP contribution in [0.1, 0.15) is 20.7 Å². The molecule has 0 radical (unpaired) electrons. The summed E-state index contributed by atoms with van der Waals surface area (Å²) in [6.45, 7) is 0. The average molecular weight is 829 g/mol.